The molecule has 3 N–H and O–H groups in total. The molecule has 0 radical (unpaired) electrons. The summed E-state index contributed by atoms with van der Waals surface area (Å²) in [7, 11) is 0. The molecule has 6 heteroatoms. The molecule has 5 nitrogen and oxygen atoms in total. The molecule has 120 valence electrons. The van der Waals surface area contributed by atoms with E-state index in [-0.39, 0.29) is 0 Å². The Bertz CT molecular complexity index is 718. The summed E-state index contributed by atoms with van der Waals surface area (Å²) in [5.41, 5.74) is 8.90. The number of hydroxylamine groups is 1. The van der Waals surface area contributed by atoms with E-state index >= 15 is 0 Å². The summed E-state index contributed by atoms with van der Waals surface area (Å²) in [6.07, 6.45) is 1.93. The standard InChI is InChI=1S/C17H18ClN3O2/c18-14-5-3-12(4-6-14)11-20-9-1-2-13-10-15(7-8-16(13)20)21(23)17(19)22/h3-8,10,23H,1-2,9,11H2,(H2,19,22). The number of carbonyl (C=O) groups excluding carboxylic acids is 1. The van der Waals surface area contributed by atoms with Crippen LogP contribution in [0.15, 0.2) is 42.5 Å². The average molecular weight is 332 g/mol. The number of rotatable bonds is 3. The van der Waals surface area contributed by atoms with Crippen LogP contribution in [0.2, 0.25) is 5.02 Å². The second-order valence-electron chi connectivity index (χ2n) is 5.61. The highest BCUT2D eigenvalue weighted by Crippen LogP contribution is 2.31. The number of hydrogen-bond donors (Lipinski definition) is 2. The van der Waals surface area contributed by atoms with Crippen molar-refractivity contribution in [2.75, 3.05) is 16.5 Å². The Morgan fingerprint density at radius 2 is 2.00 bits per heavy atom. The van der Waals surface area contributed by atoms with Crippen molar-refractivity contribution >= 4 is 29.0 Å². The number of amides is 2. The highest BCUT2D eigenvalue weighted by Gasteiger charge is 2.19. The van der Waals surface area contributed by atoms with Gasteiger partial charge in [-0.1, -0.05) is 23.7 Å². The molecular formula is C17H18ClN3O2. The molecule has 0 bridgehead atoms. The van der Waals surface area contributed by atoms with Gasteiger partial charge in [0.1, 0.15) is 0 Å². The van der Waals surface area contributed by atoms with Crippen LogP contribution in [-0.2, 0) is 13.0 Å². The highest BCUT2D eigenvalue weighted by molar-refractivity contribution is 6.30. The summed E-state index contributed by atoms with van der Waals surface area (Å²) in [6.45, 7) is 1.76. The third kappa shape index (κ3) is 3.41. The van der Waals surface area contributed by atoms with Crippen molar-refractivity contribution < 1.29 is 10.0 Å². The van der Waals surface area contributed by atoms with E-state index < -0.39 is 6.03 Å². The first-order chi connectivity index (χ1) is 11.0. The van der Waals surface area contributed by atoms with Crippen molar-refractivity contribution in [2.24, 2.45) is 5.73 Å². The van der Waals surface area contributed by atoms with Gasteiger partial charge in [0.2, 0.25) is 0 Å². The van der Waals surface area contributed by atoms with Crippen LogP contribution in [0.3, 0.4) is 0 Å². The van der Waals surface area contributed by atoms with Gasteiger partial charge in [0.25, 0.3) is 0 Å². The number of benzene rings is 2. The van der Waals surface area contributed by atoms with Gasteiger partial charge < -0.3 is 10.6 Å². The molecule has 0 saturated heterocycles. The molecule has 0 atom stereocenters. The van der Waals surface area contributed by atoms with E-state index in [0.717, 1.165) is 42.2 Å². The monoisotopic (exact) mass is 331 g/mol. The van der Waals surface area contributed by atoms with E-state index in [1.54, 1.807) is 6.07 Å². The molecule has 1 aliphatic rings. The van der Waals surface area contributed by atoms with Crippen molar-refractivity contribution in [3.8, 4) is 0 Å². The lowest BCUT2D eigenvalue weighted by molar-refractivity contribution is 0.212. The van der Waals surface area contributed by atoms with E-state index in [1.165, 1.54) is 5.56 Å². The Labute approximate surface area is 139 Å². The van der Waals surface area contributed by atoms with Crippen molar-refractivity contribution in [3.63, 3.8) is 0 Å². The molecule has 0 fully saturated rings. The molecule has 23 heavy (non-hydrogen) atoms. The molecule has 0 saturated carbocycles. The van der Waals surface area contributed by atoms with E-state index in [0.29, 0.717) is 10.8 Å². The smallest absolute Gasteiger partial charge is 0.343 e. The molecule has 0 spiro atoms. The van der Waals surface area contributed by atoms with Crippen molar-refractivity contribution in [3.05, 3.63) is 58.6 Å². The quantitative estimate of drug-likeness (QED) is 0.667. The van der Waals surface area contributed by atoms with Crippen molar-refractivity contribution in [1.82, 2.24) is 0 Å². The van der Waals surface area contributed by atoms with Gasteiger partial charge in [-0.25, -0.2) is 4.79 Å². The van der Waals surface area contributed by atoms with Crippen LogP contribution in [0.5, 0.6) is 0 Å². The van der Waals surface area contributed by atoms with Crippen LogP contribution in [0, 0.1) is 0 Å². The highest BCUT2D eigenvalue weighted by atomic mass is 35.5. The van der Waals surface area contributed by atoms with Crippen LogP contribution in [0.4, 0.5) is 16.2 Å². The summed E-state index contributed by atoms with van der Waals surface area (Å²) in [6, 6.07) is 12.4. The zero-order chi connectivity index (χ0) is 16.4. The number of carbonyl (C=O) groups is 1. The number of urea groups is 1. The summed E-state index contributed by atoms with van der Waals surface area (Å²) in [5.74, 6) is 0. The minimum absolute atomic E-state index is 0.393. The van der Waals surface area contributed by atoms with E-state index in [1.807, 2.05) is 36.4 Å². The van der Waals surface area contributed by atoms with E-state index in [4.69, 9.17) is 17.3 Å². The van der Waals surface area contributed by atoms with Gasteiger partial charge in [-0.15, -0.1) is 0 Å². The number of hydrogen-bond acceptors (Lipinski definition) is 3. The molecule has 1 aliphatic heterocycles. The number of anilines is 2. The summed E-state index contributed by atoms with van der Waals surface area (Å²) < 4.78 is 0. The van der Waals surface area contributed by atoms with Gasteiger partial charge in [0.05, 0.1) is 5.69 Å². The first-order valence-corrected chi connectivity index (χ1v) is 7.83. The van der Waals surface area contributed by atoms with Gasteiger partial charge in [-0.3, -0.25) is 5.21 Å². The molecule has 0 aliphatic carbocycles. The lowest BCUT2D eigenvalue weighted by Gasteiger charge is -2.32. The number of primary amides is 1. The topological polar surface area (TPSA) is 69.8 Å². The maximum absolute atomic E-state index is 11.1. The lowest BCUT2D eigenvalue weighted by Crippen LogP contribution is -2.33. The summed E-state index contributed by atoms with van der Waals surface area (Å²) in [4.78, 5) is 13.4. The second-order valence-corrected chi connectivity index (χ2v) is 6.05. The fourth-order valence-electron chi connectivity index (χ4n) is 2.89. The fourth-order valence-corrected chi connectivity index (χ4v) is 3.02. The third-order valence-corrected chi connectivity index (χ3v) is 4.27. The predicted octanol–water partition coefficient (Wildman–Crippen LogP) is 3.57. The maximum Gasteiger partial charge on any atom is 0.343 e. The van der Waals surface area contributed by atoms with Crippen molar-refractivity contribution in [1.29, 1.82) is 0 Å². The fraction of sp³-hybridized carbons (Fsp3) is 0.235. The molecule has 2 aromatic rings. The number of nitrogens with zero attached hydrogens (tertiary/aromatic N) is 2. The largest absolute Gasteiger partial charge is 0.367 e. The zero-order valence-electron chi connectivity index (χ0n) is 12.6. The third-order valence-electron chi connectivity index (χ3n) is 4.02. The molecule has 2 amide bonds. The van der Waals surface area contributed by atoms with Gasteiger partial charge in [0, 0.05) is 23.8 Å². The number of nitrogens with two attached hydrogens (primary N) is 1. The Hall–Kier alpha value is -2.24. The van der Waals surface area contributed by atoms with E-state index in [2.05, 4.69) is 4.90 Å². The molecule has 0 unspecified atom stereocenters. The minimum atomic E-state index is -0.890. The first kappa shape index (κ1) is 15.6. The van der Waals surface area contributed by atoms with Gasteiger partial charge in [-0.05, 0) is 54.3 Å². The maximum atomic E-state index is 11.1. The first-order valence-electron chi connectivity index (χ1n) is 7.45. The molecule has 3 rings (SSSR count). The molecule has 1 heterocycles. The zero-order valence-corrected chi connectivity index (χ0v) is 13.3. The van der Waals surface area contributed by atoms with Gasteiger partial charge in [-0.2, -0.15) is 5.06 Å². The second kappa shape index (κ2) is 6.48. The average Bonchev–Trinajstić information content (AvgIpc) is 2.56. The number of halogens is 1. The van der Waals surface area contributed by atoms with Crippen LogP contribution in [0.25, 0.3) is 0 Å². The normalized spacial score (nSPS) is 13.6. The Morgan fingerprint density at radius 3 is 2.70 bits per heavy atom. The summed E-state index contributed by atoms with van der Waals surface area (Å²) >= 11 is 5.93. The van der Waals surface area contributed by atoms with Crippen LogP contribution in [0.1, 0.15) is 17.5 Å². The van der Waals surface area contributed by atoms with Crippen LogP contribution < -0.4 is 15.7 Å². The van der Waals surface area contributed by atoms with Crippen molar-refractivity contribution in [2.45, 2.75) is 19.4 Å². The Morgan fingerprint density at radius 1 is 1.26 bits per heavy atom. The molecular weight excluding hydrogens is 314 g/mol. The van der Waals surface area contributed by atoms with E-state index in [9.17, 15) is 10.0 Å². The van der Waals surface area contributed by atoms with Crippen LogP contribution in [-0.4, -0.2) is 17.8 Å². The molecule has 2 aromatic carbocycles. The minimum Gasteiger partial charge on any atom is -0.367 e. The predicted molar refractivity (Wildman–Crippen MR) is 91.1 cm³/mol. The van der Waals surface area contributed by atoms with Crippen LogP contribution >= 0.6 is 11.6 Å². The number of aryl methyl sites for hydroxylation is 1. The number of fused-ring (bicyclic) bond motifs is 1. The molecule has 0 aromatic heterocycles. The van der Waals surface area contributed by atoms with Gasteiger partial charge >= 0.3 is 6.03 Å². The Balaban J connectivity index is 1.84. The summed E-state index contributed by atoms with van der Waals surface area (Å²) in [5, 5.41) is 10.9. The van der Waals surface area contributed by atoms with Gasteiger partial charge in [0.15, 0.2) is 0 Å². The Kier molecular flexibility index (Phi) is 4.41. The lowest BCUT2D eigenvalue weighted by atomic mass is 10.00. The SMILES string of the molecule is NC(=O)N(O)c1ccc2c(c1)CCCN2Cc1ccc(Cl)cc1.